The molecule has 1 aliphatic carbocycles. The predicted molar refractivity (Wildman–Crippen MR) is 113 cm³/mol. The van der Waals surface area contributed by atoms with E-state index in [-0.39, 0.29) is 12.0 Å². The van der Waals surface area contributed by atoms with Crippen LogP contribution in [0.2, 0.25) is 0 Å². The molecular weight excluding hydrogens is 346 g/mol. The molecule has 0 amide bonds. The van der Waals surface area contributed by atoms with Crippen LogP contribution < -0.4 is 5.32 Å². The summed E-state index contributed by atoms with van der Waals surface area (Å²) in [4.78, 5) is 12.2. The average Bonchev–Trinajstić information content (AvgIpc) is 3.23. The van der Waals surface area contributed by atoms with Gasteiger partial charge in [0.1, 0.15) is 0 Å². The number of allylic oxidation sites excluding steroid dienone is 2. The number of esters is 1. The Kier molecular flexibility index (Phi) is 4.16. The number of fused-ring (bicyclic) bond motifs is 4. The molecule has 0 saturated heterocycles. The van der Waals surface area contributed by atoms with Gasteiger partial charge in [-0.1, -0.05) is 54.6 Å². The van der Waals surface area contributed by atoms with E-state index in [0.29, 0.717) is 24.0 Å². The van der Waals surface area contributed by atoms with Crippen LogP contribution in [-0.4, -0.2) is 12.6 Å². The second-order valence-electron chi connectivity index (χ2n) is 7.57. The number of hydrogen-bond donors (Lipinski definition) is 1. The molecule has 0 bridgehead atoms. The van der Waals surface area contributed by atoms with Crippen LogP contribution in [0.5, 0.6) is 0 Å². The Bertz CT molecular complexity index is 1080. The highest BCUT2D eigenvalue weighted by molar-refractivity contribution is 5.91. The first kappa shape index (κ1) is 17.1. The molecule has 3 nitrogen and oxygen atoms in total. The lowest BCUT2D eigenvalue weighted by Crippen LogP contribution is -2.29. The van der Waals surface area contributed by atoms with Crippen molar-refractivity contribution in [3.63, 3.8) is 0 Å². The molecule has 0 fully saturated rings. The first-order chi connectivity index (χ1) is 13.8. The summed E-state index contributed by atoms with van der Waals surface area (Å²) in [6.07, 6.45) is 5.62. The number of ether oxygens (including phenoxy) is 1. The second kappa shape index (κ2) is 6.83. The zero-order valence-electron chi connectivity index (χ0n) is 15.9. The number of benzene rings is 3. The summed E-state index contributed by atoms with van der Waals surface area (Å²) in [7, 11) is 0. The summed E-state index contributed by atoms with van der Waals surface area (Å²) in [5.74, 6) is 0.505. The second-order valence-corrected chi connectivity index (χ2v) is 7.57. The topological polar surface area (TPSA) is 38.3 Å². The summed E-state index contributed by atoms with van der Waals surface area (Å²) in [5.41, 5.74) is 4.28. The highest BCUT2D eigenvalue weighted by atomic mass is 16.5. The number of hydrogen-bond acceptors (Lipinski definition) is 3. The van der Waals surface area contributed by atoms with Crippen molar-refractivity contribution in [3.05, 3.63) is 89.5 Å². The lowest BCUT2D eigenvalue weighted by Gasteiger charge is -2.38. The van der Waals surface area contributed by atoms with Crippen molar-refractivity contribution < 1.29 is 9.53 Å². The van der Waals surface area contributed by atoms with E-state index in [9.17, 15) is 4.79 Å². The van der Waals surface area contributed by atoms with E-state index in [1.807, 2.05) is 25.1 Å². The van der Waals surface area contributed by atoms with Crippen LogP contribution in [0.3, 0.4) is 0 Å². The number of rotatable bonds is 3. The highest BCUT2D eigenvalue weighted by Crippen LogP contribution is 2.50. The van der Waals surface area contributed by atoms with E-state index >= 15 is 0 Å². The molecule has 0 aromatic heterocycles. The molecule has 0 unspecified atom stereocenters. The Labute approximate surface area is 165 Å². The van der Waals surface area contributed by atoms with Crippen LogP contribution in [0.4, 0.5) is 5.69 Å². The van der Waals surface area contributed by atoms with Crippen molar-refractivity contribution >= 4 is 22.4 Å². The quantitative estimate of drug-likeness (QED) is 0.465. The van der Waals surface area contributed by atoms with Crippen molar-refractivity contribution in [1.29, 1.82) is 0 Å². The number of carbonyl (C=O) groups excluding carboxylic acids is 1. The third kappa shape index (κ3) is 2.70. The van der Waals surface area contributed by atoms with Gasteiger partial charge in [-0.3, -0.25) is 0 Å². The van der Waals surface area contributed by atoms with E-state index in [4.69, 9.17) is 4.74 Å². The fraction of sp³-hybridized carbons (Fsp3) is 0.240. The molecule has 1 heterocycles. The normalized spacial score (nSPS) is 22.4. The summed E-state index contributed by atoms with van der Waals surface area (Å²) >= 11 is 0. The lowest BCUT2D eigenvalue weighted by molar-refractivity contribution is 0.0526. The largest absolute Gasteiger partial charge is 0.462 e. The van der Waals surface area contributed by atoms with Gasteiger partial charge in [-0.05, 0) is 59.4 Å². The first-order valence-electron chi connectivity index (χ1n) is 9.98. The van der Waals surface area contributed by atoms with Gasteiger partial charge in [-0.2, -0.15) is 0 Å². The van der Waals surface area contributed by atoms with Crippen LogP contribution in [-0.2, 0) is 4.74 Å². The standard InChI is InChI=1S/C25H23NO2/c1-2-28-25(27)17-13-14-23-22(15-17)19-10-6-12-21(19)24(26-23)20-11-5-8-16-7-3-4-9-18(16)20/h3-11,13-15,19,21,24,26H,2,12H2,1H3/t19-,21-,24-/m0/s1. The summed E-state index contributed by atoms with van der Waals surface area (Å²) in [6, 6.07) is 21.3. The maximum absolute atomic E-state index is 12.2. The van der Waals surface area contributed by atoms with E-state index in [1.54, 1.807) is 0 Å². The van der Waals surface area contributed by atoms with Crippen molar-refractivity contribution in [3.8, 4) is 0 Å². The Morgan fingerprint density at radius 3 is 2.82 bits per heavy atom. The molecule has 28 heavy (non-hydrogen) atoms. The Morgan fingerprint density at radius 1 is 1.07 bits per heavy atom. The van der Waals surface area contributed by atoms with Crippen molar-refractivity contribution in [2.24, 2.45) is 5.92 Å². The van der Waals surface area contributed by atoms with Gasteiger partial charge in [0.05, 0.1) is 18.2 Å². The van der Waals surface area contributed by atoms with Crippen LogP contribution in [0, 0.1) is 5.92 Å². The number of carbonyl (C=O) groups is 1. The fourth-order valence-electron chi connectivity index (χ4n) is 4.77. The van der Waals surface area contributed by atoms with Gasteiger partial charge in [0.2, 0.25) is 0 Å². The van der Waals surface area contributed by atoms with Gasteiger partial charge in [-0.15, -0.1) is 0 Å². The molecule has 3 aromatic carbocycles. The highest BCUT2D eigenvalue weighted by Gasteiger charge is 2.38. The molecule has 140 valence electrons. The monoisotopic (exact) mass is 369 g/mol. The molecular formula is C25H23NO2. The van der Waals surface area contributed by atoms with E-state index in [2.05, 4.69) is 59.9 Å². The molecule has 1 N–H and O–H groups in total. The maximum atomic E-state index is 12.2. The summed E-state index contributed by atoms with van der Waals surface area (Å²) in [6.45, 7) is 2.23. The molecule has 3 aromatic rings. The Balaban J connectivity index is 1.59. The molecule has 0 spiro atoms. The smallest absolute Gasteiger partial charge is 0.338 e. The predicted octanol–water partition coefficient (Wildman–Crippen LogP) is 5.84. The van der Waals surface area contributed by atoms with E-state index in [1.165, 1.54) is 21.9 Å². The van der Waals surface area contributed by atoms with Gasteiger partial charge in [0.25, 0.3) is 0 Å². The van der Waals surface area contributed by atoms with Crippen molar-refractivity contribution in [2.45, 2.75) is 25.3 Å². The van der Waals surface area contributed by atoms with Gasteiger partial charge >= 0.3 is 5.97 Å². The van der Waals surface area contributed by atoms with Crippen LogP contribution in [0.15, 0.2) is 72.8 Å². The minimum atomic E-state index is -0.250. The van der Waals surface area contributed by atoms with E-state index < -0.39 is 0 Å². The van der Waals surface area contributed by atoms with Crippen molar-refractivity contribution in [1.82, 2.24) is 0 Å². The first-order valence-corrected chi connectivity index (χ1v) is 9.98. The van der Waals surface area contributed by atoms with Crippen LogP contribution >= 0.6 is 0 Å². The third-order valence-corrected chi connectivity index (χ3v) is 6.03. The minimum absolute atomic E-state index is 0.243. The molecule has 3 heteroatoms. The Hall–Kier alpha value is -3.07. The average molecular weight is 369 g/mol. The molecule has 0 radical (unpaired) electrons. The third-order valence-electron chi connectivity index (χ3n) is 6.03. The summed E-state index contributed by atoms with van der Waals surface area (Å²) < 4.78 is 5.19. The molecule has 2 aliphatic rings. The lowest BCUT2D eigenvalue weighted by atomic mass is 9.76. The number of nitrogens with one attached hydrogen (secondary N) is 1. The molecule has 1 aliphatic heterocycles. The van der Waals surface area contributed by atoms with Gasteiger partial charge in [0, 0.05) is 11.6 Å². The van der Waals surface area contributed by atoms with Crippen molar-refractivity contribution in [2.75, 3.05) is 11.9 Å². The SMILES string of the molecule is CCOC(=O)c1ccc2c(c1)[C@H]1C=CC[C@@H]1[C@H](c1cccc3ccccc13)N2. The van der Waals surface area contributed by atoms with Gasteiger partial charge in [-0.25, -0.2) is 4.79 Å². The minimum Gasteiger partial charge on any atom is -0.462 e. The molecule has 5 rings (SSSR count). The molecule has 0 saturated carbocycles. The molecule has 3 atom stereocenters. The van der Waals surface area contributed by atoms with Crippen LogP contribution in [0.25, 0.3) is 10.8 Å². The zero-order chi connectivity index (χ0) is 19.1. The summed E-state index contributed by atoms with van der Waals surface area (Å²) in [5, 5.41) is 6.36. The van der Waals surface area contributed by atoms with E-state index in [0.717, 1.165) is 12.1 Å². The fourth-order valence-corrected chi connectivity index (χ4v) is 4.77. The zero-order valence-corrected chi connectivity index (χ0v) is 15.9. The number of anilines is 1. The van der Waals surface area contributed by atoms with Gasteiger partial charge < -0.3 is 10.1 Å². The maximum Gasteiger partial charge on any atom is 0.338 e. The van der Waals surface area contributed by atoms with Crippen LogP contribution in [0.1, 0.15) is 46.8 Å². The van der Waals surface area contributed by atoms with Gasteiger partial charge in [0.15, 0.2) is 0 Å². The Morgan fingerprint density at radius 2 is 1.93 bits per heavy atom.